The largest absolute Gasteiger partial charge is 0.493 e. The van der Waals surface area contributed by atoms with Crippen molar-refractivity contribution >= 4 is 39.3 Å². The number of benzene rings is 3. The minimum Gasteiger partial charge on any atom is -0.493 e. The number of carbonyl (C=O) groups excluding carboxylic acids is 3. The third-order valence-electron chi connectivity index (χ3n) is 8.51. The molecule has 0 spiro atoms. The Hall–Kier alpha value is -4.31. The second kappa shape index (κ2) is 16.2. The molecule has 0 N–H and O–H groups in total. The van der Waals surface area contributed by atoms with Crippen molar-refractivity contribution in [3.8, 4) is 23.0 Å². The van der Waals surface area contributed by atoms with Gasteiger partial charge in [0.05, 0.1) is 24.6 Å². The van der Waals surface area contributed by atoms with Gasteiger partial charge in [0.1, 0.15) is 11.6 Å². The zero-order valence-electron chi connectivity index (χ0n) is 27.2. The minimum atomic E-state index is -1.06. The fourth-order valence-electron chi connectivity index (χ4n) is 5.63. The first-order valence-corrected chi connectivity index (χ1v) is 17.2. The topological polar surface area (TPSA) is 91.8 Å². The monoisotopic (exact) mass is 675 g/mol. The van der Waals surface area contributed by atoms with E-state index in [-0.39, 0.29) is 41.1 Å². The van der Waals surface area contributed by atoms with Crippen LogP contribution in [0.1, 0.15) is 63.0 Å². The smallest absolute Gasteiger partial charge is 0.185 e. The summed E-state index contributed by atoms with van der Waals surface area (Å²) in [5.74, 6) is 0.803. The summed E-state index contributed by atoms with van der Waals surface area (Å²) < 4.78 is 46.1. The number of aromatic nitrogens is 1. The number of ether oxygens (including phenoxy) is 3. The van der Waals surface area contributed by atoms with E-state index >= 15 is 4.39 Å². The average molecular weight is 676 g/mol. The van der Waals surface area contributed by atoms with Gasteiger partial charge in [0.15, 0.2) is 39.7 Å². The van der Waals surface area contributed by atoms with Crippen LogP contribution in [0.2, 0.25) is 0 Å². The predicted molar refractivity (Wildman–Crippen MR) is 182 cm³/mol. The third kappa shape index (κ3) is 8.98. The van der Waals surface area contributed by atoms with Crippen LogP contribution in [0, 0.1) is 17.0 Å². The summed E-state index contributed by atoms with van der Waals surface area (Å²) in [6, 6.07) is 15.2. The average Bonchev–Trinajstić information content (AvgIpc) is 3.88. The van der Waals surface area contributed by atoms with Crippen LogP contribution < -0.4 is 14.2 Å². The minimum absolute atomic E-state index is 0.0219. The van der Waals surface area contributed by atoms with Crippen molar-refractivity contribution < 1.29 is 37.4 Å². The van der Waals surface area contributed by atoms with Gasteiger partial charge in [-0.3, -0.25) is 19.4 Å². The molecule has 10 heteroatoms. The molecule has 0 bridgehead atoms. The van der Waals surface area contributed by atoms with Crippen molar-refractivity contribution in [1.82, 2.24) is 4.98 Å². The summed E-state index contributed by atoms with van der Waals surface area (Å²) in [6.07, 6.45) is 7.55. The Balaban J connectivity index is 1.18. The van der Waals surface area contributed by atoms with E-state index in [0.29, 0.717) is 58.7 Å². The molecule has 1 heterocycles. The summed E-state index contributed by atoms with van der Waals surface area (Å²) in [5, 5.41) is 0.769. The lowest BCUT2D eigenvalue weighted by Crippen LogP contribution is -2.28. The van der Waals surface area contributed by atoms with Gasteiger partial charge >= 0.3 is 0 Å². The lowest BCUT2D eigenvalue weighted by molar-refractivity contribution is -0.133. The number of methoxy groups -OCH3 is 1. The molecular weight excluding hydrogens is 636 g/mol. The fraction of sp³-hybridized carbons (Fsp3) is 0.368. The summed E-state index contributed by atoms with van der Waals surface area (Å²) in [4.78, 5) is 41.7. The van der Waals surface area contributed by atoms with Crippen molar-refractivity contribution in [3.63, 3.8) is 0 Å². The number of pyridine rings is 1. The number of ketones is 2. The molecule has 0 saturated heterocycles. The van der Waals surface area contributed by atoms with E-state index in [1.807, 2.05) is 0 Å². The van der Waals surface area contributed by atoms with Crippen LogP contribution in [-0.2, 0) is 27.2 Å². The third-order valence-corrected chi connectivity index (χ3v) is 9.41. The van der Waals surface area contributed by atoms with E-state index in [2.05, 4.69) is 4.98 Å². The van der Waals surface area contributed by atoms with E-state index in [9.17, 15) is 18.8 Å². The van der Waals surface area contributed by atoms with Crippen molar-refractivity contribution in [2.45, 2.75) is 64.7 Å². The summed E-state index contributed by atoms with van der Waals surface area (Å²) in [5.41, 5.74) is 0.627. The first-order chi connectivity index (χ1) is 23.2. The van der Waals surface area contributed by atoms with Crippen LogP contribution in [0.15, 0.2) is 66.9 Å². The highest BCUT2D eigenvalue weighted by Gasteiger charge is 2.54. The summed E-state index contributed by atoms with van der Waals surface area (Å²) >= 11 is 1.37. The van der Waals surface area contributed by atoms with Crippen LogP contribution in [0.25, 0.3) is 10.9 Å². The Kier molecular flexibility index (Phi) is 11.8. The van der Waals surface area contributed by atoms with Crippen LogP contribution in [-0.4, -0.2) is 41.1 Å². The molecule has 48 heavy (non-hydrogen) atoms. The number of unbranched alkanes of at least 4 members (excludes halogenated alkanes) is 4. The number of hydrogen-bond acceptors (Lipinski definition) is 8. The fourth-order valence-corrected chi connectivity index (χ4v) is 6.26. The maximum atomic E-state index is 15.3. The summed E-state index contributed by atoms with van der Waals surface area (Å²) in [6.45, 7) is 2.11. The van der Waals surface area contributed by atoms with Gasteiger partial charge in [-0.05, 0) is 73.2 Å². The second-order valence-electron chi connectivity index (χ2n) is 12.1. The summed E-state index contributed by atoms with van der Waals surface area (Å²) in [7, 11) is 1.55. The molecule has 1 aromatic heterocycles. The molecule has 1 aliphatic rings. The zero-order chi connectivity index (χ0) is 34.1. The first kappa shape index (κ1) is 35.0. The maximum Gasteiger partial charge on any atom is 0.185 e. The number of rotatable bonds is 18. The molecule has 3 aromatic carbocycles. The molecule has 252 valence electrons. The number of fused-ring (bicyclic) bond motifs is 1. The molecule has 0 aliphatic heterocycles. The molecule has 1 aliphatic carbocycles. The molecule has 5 rings (SSSR count). The molecule has 7 nitrogen and oxygen atoms in total. The van der Waals surface area contributed by atoms with E-state index in [0.717, 1.165) is 37.9 Å². The second-order valence-corrected chi connectivity index (χ2v) is 13.3. The first-order valence-electron chi connectivity index (χ1n) is 16.2. The van der Waals surface area contributed by atoms with Gasteiger partial charge in [-0.1, -0.05) is 49.2 Å². The Bertz CT molecular complexity index is 1770. The number of nitrogens with zero attached hydrogens (tertiary/aromatic N) is 1. The number of hydrogen-bond donors (Lipinski definition) is 0. The van der Waals surface area contributed by atoms with Crippen molar-refractivity contribution in [2.75, 3.05) is 19.5 Å². The van der Waals surface area contributed by atoms with Crippen LogP contribution in [0.4, 0.5) is 8.78 Å². The Morgan fingerprint density at radius 1 is 0.792 bits per heavy atom. The van der Waals surface area contributed by atoms with E-state index in [1.165, 1.54) is 36.0 Å². The maximum absolute atomic E-state index is 15.3. The lowest BCUT2D eigenvalue weighted by Gasteiger charge is -2.15. The molecule has 0 radical (unpaired) electrons. The van der Waals surface area contributed by atoms with Crippen LogP contribution >= 0.6 is 11.8 Å². The van der Waals surface area contributed by atoms with Crippen LogP contribution in [0.5, 0.6) is 23.0 Å². The van der Waals surface area contributed by atoms with Crippen molar-refractivity contribution in [3.05, 3.63) is 89.6 Å². The SMILES string of the molecule is COc1cc2c(Oc3ccc(CC(=O)C4(C(=O)Cc5ccc(F)cc5)CC4)cc3F)ccnc2cc1OCCCCCCCSC(C)=O. The normalized spacial score (nSPS) is 13.2. The molecule has 0 atom stereocenters. The van der Waals surface area contributed by atoms with Crippen molar-refractivity contribution in [1.29, 1.82) is 0 Å². The number of Topliss-reactive ketones (excluding diaryl/α,β-unsaturated/α-hetero) is 2. The number of halogens is 2. The van der Waals surface area contributed by atoms with Gasteiger partial charge in [-0.15, -0.1) is 0 Å². The van der Waals surface area contributed by atoms with Crippen molar-refractivity contribution in [2.24, 2.45) is 5.41 Å². The van der Waals surface area contributed by atoms with Gasteiger partial charge in [0.25, 0.3) is 0 Å². The van der Waals surface area contributed by atoms with Gasteiger partial charge in [-0.25, -0.2) is 8.78 Å². The molecule has 4 aromatic rings. The van der Waals surface area contributed by atoms with Crippen LogP contribution in [0.3, 0.4) is 0 Å². The molecule has 0 amide bonds. The Labute approximate surface area is 283 Å². The van der Waals surface area contributed by atoms with E-state index in [4.69, 9.17) is 14.2 Å². The number of thioether (sulfide) groups is 1. The lowest BCUT2D eigenvalue weighted by atomic mass is 9.88. The standard InChI is InChI=1S/C38H39F2NO6S/c1-25(42)48-19-7-5-3-4-6-18-46-35-24-31-29(23-34(35)45-2)32(14-17-41-31)47-33-13-10-27(20-30(33)40)22-37(44)38(15-16-38)36(43)21-26-8-11-28(39)12-9-26/h8-14,17,20,23-24H,3-7,15-16,18-19,21-22H2,1-2H3. The Morgan fingerprint density at radius 2 is 1.48 bits per heavy atom. The van der Waals surface area contributed by atoms with Gasteiger partial charge in [-0.2, -0.15) is 0 Å². The zero-order valence-corrected chi connectivity index (χ0v) is 28.0. The quantitative estimate of drug-likeness (QED) is 0.0765. The molecule has 0 unspecified atom stereocenters. The van der Waals surface area contributed by atoms with Gasteiger partial charge in [0.2, 0.25) is 0 Å². The number of carbonyl (C=O) groups is 3. The van der Waals surface area contributed by atoms with E-state index in [1.54, 1.807) is 56.6 Å². The Morgan fingerprint density at radius 3 is 2.17 bits per heavy atom. The highest BCUT2D eigenvalue weighted by molar-refractivity contribution is 8.13. The molecule has 1 fully saturated rings. The molecular formula is C38H39F2NO6S. The highest BCUT2D eigenvalue weighted by atomic mass is 32.2. The molecule has 1 saturated carbocycles. The van der Waals surface area contributed by atoms with Gasteiger partial charge in [0, 0.05) is 43.2 Å². The highest BCUT2D eigenvalue weighted by Crippen LogP contribution is 2.49. The predicted octanol–water partition coefficient (Wildman–Crippen LogP) is 8.63. The van der Waals surface area contributed by atoms with E-state index < -0.39 is 11.2 Å². The van der Waals surface area contributed by atoms with Gasteiger partial charge < -0.3 is 14.2 Å².